The Balaban J connectivity index is 1.45. The highest BCUT2D eigenvalue weighted by molar-refractivity contribution is 7.13. The minimum absolute atomic E-state index is 0.692. The monoisotopic (exact) mass is 346 g/mol. The second-order valence-electron chi connectivity index (χ2n) is 6.05. The summed E-state index contributed by atoms with van der Waals surface area (Å²) >= 11 is 1.70. The molecule has 0 atom stereocenters. The van der Waals surface area contributed by atoms with Gasteiger partial charge in [0.1, 0.15) is 11.6 Å². The lowest BCUT2D eigenvalue weighted by Gasteiger charge is -2.26. The molecule has 0 unspecified atom stereocenters. The number of hydrogen-bond acceptors (Lipinski definition) is 8. The summed E-state index contributed by atoms with van der Waals surface area (Å²) in [5.41, 5.74) is 3.41. The van der Waals surface area contributed by atoms with E-state index in [1.54, 1.807) is 11.3 Å². The van der Waals surface area contributed by atoms with E-state index in [4.69, 9.17) is 9.72 Å². The van der Waals surface area contributed by atoms with E-state index in [-0.39, 0.29) is 0 Å². The predicted molar refractivity (Wildman–Crippen MR) is 94.7 cm³/mol. The standard InChI is InChI=1S/C16H22N6OS/c1-11-19-14-9-17-3-2-13(14)15(20-11)18-8-12-10-24-16(21-12)22-4-6-23-7-5-22/h10,17H,2-9H2,1H3,(H,18,19,20). The first-order chi connectivity index (χ1) is 11.8. The van der Waals surface area contributed by atoms with Crippen LogP contribution in [-0.4, -0.2) is 47.8 Å². The van der Waals surface area contributed by atoms with E-state index < -0.39 is 0 Å². The summed E-state index contributed by atoms with van der Waals surface area (Å²) in [6.07, 6.45) is 0.966. The van der Waals surface area contributed by atoms with Crippen molar-refractivity contribution in [2.75, 3.05) is 43.1 Å². The van der Waals surface area contributed by atoms with Gasteiger partial charge < -0.3 is 20.3 Å². The Labute approximate surface area is 145 Å². The van der Waals surface area contributed by atoms with Gasteiger partial charge in [0.15, 0.2) is 5.13 Å². The highest BCUT2D eigenvalue weighted by atomic mass is 32.1. The van der Waals surface area contributed by atoms with Crippen molar-refractivity contribution < 1.29 is 4.74 Å². The number of morpholine rings is 1. The van der Waals surface area contributed by atoms with E-state index in [9.17, 15) is 0 Å². The Bertz CT molecular complexity index is 713. The number of nitrogens with zero attached hydrogens (tertiary/aromatic N) is 4. The fourth-order valence-corrected chi connectivity index (χ4v) is 3.96. The molecule has 0 aliphatic carbocycles. The molecule has 2 aromatic heterocycles. The smallest absolute Gasteiger partial charge is 0.185 e. The molecule has 4 rings (SSSR count). The van der Waals surface area contributed by atoms with Crippen LogP contribution < -0.4 is 15.5 Å². The topological polar surface area (TPSA) is 75.2 Å². The van der Waals surface area contributed by atoms with E-state index in [2.05, 4.69) is 30.9 Å². The molecular formula is C16H22N6OS. The maximum Gasteiger partial charge on any atom is 0.185 e. The fraction of sp³-hybridized carbons (Fsp3) is 0.562. The molecule has 128 valence electrons. The summed E-state index contributed by atoms with van der Waals surface area (Å²) in [5, 5.41) is 10.0. The number of anilines is 2. The molecule has 4 heterocycles. The van der Waals surface area contributed by atoms with Crippen molar-refractivity contribution in [1.29, 1.82) is 0 Å². The number of nitrogens with one attached hydrogen (secondary N) is 2. The second-order valence-corrected chi connectivity index (χ2v) is 6.88. The van der Waals surface area contributed by atoms with Gasteiger partial charge in [-0.3, -0.25) is 0 Å². The highest BCUT2D eigenvalue weighted by Gasteiger charge is 2.17. The van der Waals surface area contributed by atoms with Gasteiger partial charge in [0.2, 0.25) is 0 Å². The zero-order valence-electron chi connectivity index (χ0n) is 13.8. The molecule has 0 aromatic carbocycles. The van der Waals surface area contributed by atoms with Crippen LogP contribution in [0.5, 0.6) is 0 Å². The lowest BCUT2D eigenvalue weighted by Crippen LogP contribution is -2.36. The molecule has 2 N–H and O–H groups in total. The summed E-state index contributed by atoms with van der Waals surface area (Å²) in [4.78, 5) is 16.2. The second kappa shape index (κ2) is 7.00. The summed E-state index contributed by atoms with van der Waals surface area (Å²) in [6, 6.07) is 0. The Morgan fingerprint density at radius 3 is 3.04 bits per heavy atom. The van der Waals surface area contributed by atoms with Crippen LogP contribution in [0.25, 0.3) is 0 Å². The molecule has 0 amide bonds. The van der Waals surface area contributed by atoms with Gasteiger partial charge in [-0.05, 0) is 19.9 Å². The van der Waals surface area contributed by atoms with Crippen LogP contribution in [0.1, 0.15) is 22.8 Å². The van der Waals surface area contributed by atoms with Crippen LogP contribution in [0, 0.1) is 6.92 Å². The van der Waals surface area contributed by atoms with Gasteiger partial charge in [-0.2, -0.15) is 0 Å². The third kappa shape index (κ3) is 3.35. The fourth-order valence-electron chi connectivity index (χ4n) is 3.08. The molecule has 8 heteroatoms. The lowest BCUT2D eigenvalue weighted by atomic mass is 10.1. The largest absolute Gasteiger partial charge is 0.378 e. The summed E-state index contributed by atoms with van der Waals surface area (Å²) in [7, 11) is 0. The zero-order valence-corrected chi connectivity index (χ0v) is 14.7. The molecular weight excluding hydrogens is 324 g/mol. The van der Waals surface area contributed by atoms with Gasteiger partial charge in [-0.15, -0.1) is 11.3 Å². The SMILES string of the molecule is Cc1nc2c(c(NCc3csc(N4CCOCC4)n3)n1)CCNC2. The summed E-state index contributed by atoms with van der Waals surface area (Å²) in [5.74, 6) is 1.77. The van der Waals surface area contributed by atoms with E-state index >= 15 is 0 Å². The average molecular weight is 346 g/mol. The molecule has 7 nitrogen and oxygen atoms in total. The van der Waals surface area contributed by atoms with E-state index in [1.165, 1.54) is 5.56 Å². The Morgan fingerprint density at radius 1 is 1.29 bits per heavy atom. The number of aromatic nitrogens is 3. The molecule has 0 saturated carbocycles. The van der Waals surface area contributed by atoms with Gasteiger partial charge in [0.05, 0.1) is 31.1 Å². The number of rotatable bonds is 4. The molecule has 1 saturated heterocycles. The van der Waals surface area contributed by atoms with Crippen LogP contribution in [0.3, 0.4) is 0 Å². The van der Waals surface area contributed by atoms with Crippen molar-refractivity contribution in [2.45, 2.75) is 26.4 Å². The molecule has 0 radical (unpaired) electrons. The van der Waals surface area contributed by atoms with Gasteiger partial charge in [-0.25, -0.2) is 15.0 Å². The minimum Gasteiger partial charge on any atom is -0.378 e. The Kier molecular flexibility index (Phi) is 4.59. The van der Waals surface area contributed by atoms with E-state index in [0.29, 0.717) is 6.54 Å². The number of hydrogen-bond donors (Lipinski definition) is 2. The predicted octanol–water partition coefficient (Wildman–Crippen LogP) is 1.34. The molecule has 2 aliphatic heterocycles. The molecule has 24 heavy (non-hydrogen) atoms. The van der Waals surface area contributed by atoms with Crippen molar-refractivity contribution in [3.8, 4) is 0 Å². The maximum atomic E-state index is 5.40. The van der Waals surface area contributed by atoms with Crippen molar-refractivity contribution in [3.05, 3.63) is 28.2 Å². The Hall–Kier alpha value is -1.77. The third-order valence-electron chi connectivity index (χ3n) is 4.31. The van der Waals surface area contributed by atoms with Gasteiger partial charge in [-0.1, -0.05) is 0 Å². The molecule has 0 spiro atoms. The quantitative estimate of drug-likeness (QED) is 0.865. The number of thiazole rings is 1. The first-order valence-corrected chi connectivity index (χ1v) is 9.25. The summed E-state index contributed by atoms with van der Waals surface area (Å²) in [6.45, 7) is 7.85. The number of aryl methyl sites for hydroxylation is 1. The first-order valence-electron chi connectivity index (χ1n) is 8.37. The van der Waals surface area contributed by atoms with Crippen molar-refractivity contribution in [3.63, 3.8) is 0 Å². The van der Waals surface area contributed by atoms with Crippen LogP contribution in [-0.2, 0) is 24.2 Å². The van der Waals surface area contributed by atoms with Gasteiger partial charge >= 0.3 is 0 Å². The van der Waals surface area contributed by atoms with Crippen molar-refractivity contribution >= 4 is 22.3 Å². The van der Waals surface area contributed by atoms with Gasteiger partial charge in [0, 0.05) is 30.6 Å². The van der Waals surface area contributed by atoms with Crippen molar-refractivity contribution in [1.82, 2.24) is 20.3 Å². The highest BCUT2D eigenvalue weighted by Crippen LogP contribution is 2.24. The lowest BCUT2D eigenvalue weighted by molar-refractivity contribution is 0.122. The number of fused-ring (bicyclic) bond motifs is 1. The molecule has 1 fully saturated rings. The maximum absolute atomic E-state index is 5.40. The van der Waals surface area contributed by atoms with Crippen LogP contribution in [0.2, 0.25) is 0 Å². The average Bonchev–Trinajstić information content (AvgIpc) is 3.09. The van der Waals surface area contributed by atoms with Crippen molar-refractivity contribution in [2.24, 2.45) is 0 Å². The molecule has 2 aliphatic rings. The van der Waals surface area contributed by atoms with E-state index in [1.807, 2.05) is 6.92 Å². The van der Waals surface area contributed by atoms with Crippen LogP contribution >= 0.6 is 11.3 Å². The van der Waals surface area contributed by atoms with Crippen LogP contribution in [0.4, 0.5) is 10.9 Å². The molecule has 0 bridgehead atoms. The molecule has 2 aromatic rings. The number of ether oxygens (including phenoxy) is 1. The minimum atomic E-state index is 0.692. The zero-order chi connectivity index (χ0) is 16.4. The Morgan fingerprint density at radius 2 is 2.17 bits per heavy atom. The summed E-state index contributed by atoms with van der Waals surface area (Å²) < 4.78 is 5.40. The normalized spacial score (nSPS) is 17.6. The van der Waals surface area contributed by atoms with E-state index in [0.717, 1.165) is 74.0 Å². The first kappa shape index (κ1) is 15.7. The third-order valence-corrected chi connectivity index (χ3v) is 5.26. The van der Waals surface area contributed by atoms with Crippen LogP contribution in [0.15, 0.2) is 5.38 Å². The van der Waals surface area contributed by atoms with Gasteiger partial charge in [0.25, 0.3) is 0 Å².